The first kappa shape index (κ1) is 16.4. The molecule has 19 heavy (non-hydrogen) atoms. The highest BCUT2D eigenvalue weighted by Crippen LogP contribution is 2.21. The fraction of sp³-hybridized carbons (Fsp3) is 0.933. The molecule has 0 saturated heterocycles. The number of rotatable bonds is 9. The van der Waals surface area contributed by atoms with Crippen molar-refractivity contribution >= 4 is 5.97 Å². The van der Waals surface area contributed by atoms with E-state index in [0.717, 1.165) is 32.4 Å². The third-order valence-electron chi connectivity index (χ3n) is 3.93. The van der Waals surface area contributed by atoms with Gasteiger partial charge in [-0.2, -0.15) is 0 Å². The van der Waals surface area contributed by atoms with Crippen molar-refractivity contribution in [3.05, 3.63) is 0 Å². The summed E-state index contributed by atoms with van der Waals surface area (Å²) < 4.78 is 10.7. The summed E-state index contributed by atoms with van der Waals surface area (Å²) in [6.45, 7) is 5.50. The summed E-state index contributed by atoms with van der Waals surface area (Å²) in [4.78, 5) is 11.8. The Morgan fingerprint density at radius 3 is 2.58 bits per heavy atom. The molecule has 0 spiro atoms. The zero-order chi connectivity index (χ0) is 14.1. The first-order chi connectivity index (χ1) is 9.12. The zero-order valence-electron chi connectivity index (χ0n) is 12.7. The smallest absolute Gasteiger partial charge is 0.325 e. The Kier molecular flexibility index (Phi) is 7.39. The molecule has 0 amide bonds. The highest BCUT2D eigenvalue weighted by atomic mass is 16.5. The first-order valence-corrected chi connectivity index (χ1v) is 7.57. The number of ether oxygens (including phenoxy) is 2. The molecule has 0 aromatic carbocycles. The predicted octanol–water partition coefficient (Wildman–Crippen LogP) is 2.66. The number of likely N-dealkylation sites (N-methyl/N-ethyl adjacent to an activating group) is 1. The van der Waals surface area contributed by atoms with Gasteiger partial charge in [0, 0.05) is 6.61 Å². The van der Waals surface area contributed by atoms with Crippen LogP contribution in [0.5, 0.6) is 0 Å². The molecule has 1 fully saturated rings. The standard InChI is InChI=1S/C15H29NO3/c1-4-16-15(2,14(17)18-3)11-7-8-12-19-13-9-5-6-10-13/h13,16H,4-12H2,1-3H3. The van der Waals surface area contributed by atoms with Crippen LogP contribution in [0.15, 0.2) is 0 Å². The van der Waals surface area contributed by atoms with E-state index in [1.54, 1.807) is 0 Å². The Labute approximate surface area is 117 Å². The van der Waals surface area contributed by atoms with Gasteiger partial charge in [0.25, 0.3) is 0 Å². The van der Waals surface area contributed by atoms with Crippen molar-refractivity contribution in [3.63, 3.8) is 0 Å². The lowest BCUT2D eigenvalue weighted by atomic mass is 9.95. The van der Waals surface area contributed by atoms with Crippen LogP contribution in [0.1, 0.15) is 58.8 Å². The maximum Gasteiger partial charge on any atom is 0.325 e. The van der Waals surface area contributed by atoms with E-state index in [2.05, 4.69) is 5.32 Å². The van der Waals surface area contributed by atoms with Crippen LogP contribution in [0, 0.1) is 0 Å². The monoisotopic (exact) mass is 271 g/mol. The van der Waals surface area contributed by atoms with E-state index in [9.17, 15) is 4.79 Å². The van der Waals surface area contributed by atoms with Crippen LogP contribution in [0.3, 0.4) is 0 Å². The molecule has 1 saturated carbocycles. The number of esters is 1. The van der Waals surface area contributed by atoms with E-state index >= 15 is 0 Å². The molecule has 0 aromatic rings. The van der Waals surface area contributed by atoms with Gasteiger partial charge < -0.3 is 14.8 Å². The molecule has 0 radical (unpaired) electrons. The van der Waals surface area contributed by atoms with E-state index in [4.69, 9.17) is 9.47 Å². The molecule has 1 rings (SSSR count). The van der Waals surface area contributed by atoms with Gasteiger partial charge >= 0.3 is 5.97 Å². The Balaban J connectivity index is 2.18. The molecule has 4 nitrogen and oxygen atoms in total. The lowest BCUT2D eigenvalue weighted by molar-refractivity contribution is -0.148. The van der Waals surface area contributed by atoms with Crippen LogP contribution in [0.4, 0.5) is 0 Å². The van der Waals surface area contributed by atoms with Gasteiger partial charge in [-0.3, -0.25) is 4.79 Å². The molecule has 112 valence electrons. The van der Waals surface area contributed by atoms with Gasteiger partial charge in [0.1, 0.15) is 5.54 Å². The van der Waals surface area contributed by atoms with Crippen molar-refractivity contribution in [2.24, 2.45) is 0 Å². The van der Waals surface area contributed by atoms with Gasteiger partial charge in [-0.15, -0.1) is 0 Å². The average molecular weight is 271 g/mol. The molecule has 0 heterocycles. The first-order valence-electron chi connectivity index (χ1n) is 7.57. The fourth-order valence-electron chi connectivity index (χ4n) is 2.76. The second-order valence-electron chi connectivity index (χ2n) is 5.59. The summed E-state index contributed by atoms with van der Waals surface area (Å²) in [7, 11) is 1.45. The van der Waals surface area contributed by atoms with Crippen molar-refractivity contribution in [2.75, 3.05) is 20.3 Å². The van der Waals surface area contributed by atoms with Crippen LogP contribution in [-0.2, 0) is 14.3 Å². The SMILES string of the molecule is CCNC(C)(CCCCOC1CCCC1)C(=O)OC. The summed E-state index contributed by atoms with van der Waals surface area (Å²) in [6, 6.07) is 0. The molecule has 1 aliphatic carbocycles. The molecule has 1 N–H and O–H groups in total. The quantitative estimate of drug-likeness (QED) is 0.517. The molecule has 0 aliphatic heterocycles. The molecule has 1 atom stereocenters. The number of nitrogens with one attached hydrogen (secondary N) is 1. The maximum atomic E-state index is 11.8. The minimum Gasteiger partial charge on any atom is -0.468 e. The highest BCUT2D eigenvalue weighted by molar-refractivity contribution is 5.80. The average Bonchev–Trinajstić information content (AvgIpc) is 2.91. The van der Waals surface area contributed by atoms with Crippen molar-refractivity contribution in [1.82, 2.24) is 5.32 Å². The van der Waals surface area contributed by atoms with Crippen molar-refractivity contribution < 1.29 is 14.3 Å². The lowest BCUT2D eigenvalue weighted by Gasteiger charge is -2.27. The van der Waals surface area contributed by atoms with Crippen LogP contribution in [-0.4, -0.2) is 37.9 Å². The molecule has 4 heteroatoms. The molecule has 1 aliphatic rings. The normalized spacial score (nSPS) is 19.3. The number of carbonyl (C=O) groups is 1. The summed E-state index contributed by atoms with van der Waals surface area (Å²) >= 11 is 0. The van der Waals surface area contributed by atoms with E-state index in [-0.39, 0.29) is 5.97 Å². The molecule has 0 bridgehead atoms. The van der Waals surface area contributed by atoms with Gasteiger partial charge in [-0.25, -0.2) is 0 Å². The maximum absolute atomic E-state index is 11.8. The van der Waals surface area contributed by atoms with Gasteiger partial charge in [0.05, 0.1) is 13.2 Å². The van der Waals surface area contributed by atoms with E-state index in [0.29, 0.717) is 6.10 Å². The Hall–Kier alpha value is -0.610. The minimum atomic E-state index is -0.559. The van der Waals surface area contributed by atoms with Crippen LogP contribution in [0.2, 0.25) is 0 Å². The predicted molar refractivity (Wildman–Crippen MR) is 76.2 cm³/mol. The zero-order valence-corrected chi connectivity index (χ0v) is 12.7. The van der Waals surface area contributed by atoms with Crippen LogP contribution >= 0.6 is 0 Å². The third-order valence-corrected chi connectivity index (χ3v) is 3.93. The summed E-state index contributed by atoms with van der Waals surface area (Å²) in [5.74, 6) is -0.175. The van der Waals surface area contributed by atoms with Gasteiger partial charge in [0.15, 0.2) is 0 Å². The van der Waals surface area contributed by atoms with Gasteiger partial charge in [-0.05, 0) is 45.6 Å². The van der Waals surface area contributed by atoms with Crippen molar-refractivity contribution in [3.8, 4) is 0 Å². The van der Waals surface area contributed by atoms with Crippen LogP contribution < -0.4 is 5.32 Å². The van der Waals surface area contributed by atoms with Crippen LogP contribution in [0.25, 0.3) is 0 Å². The Morgan fingerprint density at radius 1 is 1.32 bits per heavy atom. The minimum absolute atomic E-state index is 0.175. The highest BCUT2D eigenvalue weighted by Gasteiger charge is 2.32. The number of hydrogen-bond acceptors (Lipinski definition) is 4. The second-order valence-corrected chi connectivity index (χ2v) is 5.59. The summed E-state index contributed by atoms with van der Waals surface area (Å²) in [5, 5.41) is 3.23. The largest absolute Gasteiger partial charge is 0.468 e. The van der Waals surface area contributed by atoms with E-state index in [1.807, 2.05) is 13.8 Å². The summed E-state index contributed by atoms with van der Waals surface area (Å²) in [5.41, 5.74) is -0.559. The lowest BCUT2D eigenvalue weighted by Crippen LogP contribution is -2.50. The van der Waals surface area contributed by atoms with Crippen molar-refractivity contribution in [1.29, 1.82) is 0 Å². The Morgan fingerprint density at radius 2 is 2.00 bits per heavy atom. The fourth-order valence-corrected chi connectivity index (χ4v) is 2.76. The molecular weight excluding hydrogens is 242 g/mol. The van der Waals surface area contributed by atoms with E-state index in [1.165, 1.54) is 32.8 Å². The second kappa shape index (κ2) is 8.54. The third kappa shape index (κ3) is 5.49. The summed E-state index contributed by atoms with van der Waals surface area (Å²) in [6.07, 6.45) is 8.33. The Bertz CT molecular complexity index is 264. The molecule has 1 unspecified atom stereocenters. The number of unbranched alkanes of at least 4 members (excludes halogenated alkanes) is 1. The molecular formula is C15H29NO3. The number of carbonyl (C=O) groups excluding carboxylic acids is 1. The number of methoxy groups -OCH3 is 1. The van der Waals surface area contributed by atoms with Gasteiger partial charge in [0.2, 0.25) is 0 Å². The van der Waals surface area contributed by atoms with E-state index < -0.39 is 5.54 Å². The topological polar surface area (TPSA) is 47.6 Å². The number of hydrogen-bond donors (Lipinski definition) is 1. The molecule has 0 aromatic heterocycles. The van der Waals surface area contributed by atoms with Gasteiger partial charge in [-0.1, -0.05) is 19.8 Å². The van der Waals surface area contributed by atoms with Crippen molar-refractivity contribution in [2.45, 2.75) is 70.4 Å².